The predicted molar refractivity (Wildman–Crippen MR) is 93.6 cm³/mol. The van der Waals surface area contributed by atoms with Crippen molar-refractivity contribution in [3.8, 4) is 28.7 Å². The molecule has 2 aromatic heterocycles. The van der Waals surface area contributed by atoms with Gasteiger partial charge in [-0.2, -0.15) is 10.1 Å². The molecule has 4 rings (SSSR count). The van der Waals surface area contributed by atoms with Gasteiger partial charge in [-0.05, 0) is 36.4 Å². The second kappa shape index (κ2) is 6.33. The lowest BCUT2D eigenvalue weighted by Crippen LogP contribution is -2.12. The third-order valence-electron chi connectivity index (χ3n) is 3.56. The van der Waals surface area contributed by atoms with Crippen molar-refractivity contribution in [2.24, 2.45) is 0 Å². The molecule has 0 unspecified atom stereocenters. The minimum atomic E-state index is -0.293. The molecule has 0 N–H and O–H groups in total. The van der Waals surface area contributed by atoms with Gasteiger partial charge in [-0.1, -0.05) is 35.0 Å². The third kappa shape index (κ3) is 3.07. The highest BCUT2D eigenvalue weighted by molar-refractivity contribution is 6.30. The van der Waals surface area contributed by atoms with Crippen molar-refractivity contribution in [1.82, 2.24) is 19.9 Å². The fourth-order valence-corrected chi connectivity index (χ4v) is 2.44. The zero-order valence-corrected chi connectivity index (χ0v) is 13.6. The van der Waals surface area contributed by atoms with Crippen molar-refractivity contribution in [1.29, 1.82) is 0 Å². The molecule has 2 heterocycles. The molecule has 0 aliphatic rings. The molecular weight excluding hydrogens is 340 g/mol. The first kappa shape index (κ1) is 15.3. The normalized spacial score (nSPS) is 10.8. The van der Waals surface area contributed by atoms with Gasteiger partial charge in [-0.15, -0.1) is 0 Å². The summed E-state index contributed by atoms with van der Waals surface area (Å²) in [5.74, 6) is 0.434. The van der Waals surface area contributed by atoms with Crippen LogP contribution in [0.4, 0.5) is 0 Å². The van der Waals surface area contributed by atoms with Crippen molar-refractivity contribution in [3.63, 3.8) is 0 Å². The fourth-order valence-electron chi connectivity index (χ4n) is 2.32. The van der Waals surface area contributed by atoms with Crippen LogP contribution < -0.4 is 5.43 Å². The molecule has 0 spiro atoms. The van der Waals surface area contributed by atoms with Gasteiger partial charge in [0.15, 0.2) is 5.69 Å². The quantitative estimate of drug-likeness (QED) is 0.564. The van der Waals surface area contributed by atoms with E-state index in [1.54, 1.807) is 35.1 Å². The molecule has 7 heteroatoms. The maximum atomic E-state index is 12.2. The average molecular weight is 351 g/mol. The number of rotatable bonds is 3. The lowest BCUT2D eigenvalue weighted by atomic mass is 10.2. The van der Waals surface area contributed by atoms with E-state index in [1.807, 2.05) is 30.3 Å². The van der Waals surface area contributed by atoms with E-state index in [0.29, 0.717) is 10.8 Å². The van der Waals surface area contributed by atoms with Gasteiger partial charge in [0.1, 0.15) is 0 Å². The highest BCUT2D eigenvalue weighted by Crippen LogP contribution is 2.21. The smallest absolute Gasteiger partial charge is 0.282 e. The molecule has 0 bridgehead atoms. The van der Waals surface area contributed by atoms with Gasteiger partial charge in [0.25, 0.3) is 5.89 Å². The number of hydrogen-bond donors (Lipinski definition) is 0. The number of aromatic nitrogens is 4. The van der Waals surface area contributed by atoms with Gasteiger partial charge in [0.2, 0.25) is 11.3 Å². The van der Waals surface area contributed by atoms with Crippen LogP contribution >= 0.6 is 11.6 Å². The molecule has 25 heavy (non-hydrogen) atoms. The first-order valence-electron chi connectivity index (χ1n) is 7.46. The Labute approximate surface area is 147 Å². The van der Waals surface area contributed by atoms with Crippen LogP contribution in [-0.4, -0.2) is 19.9 Å². The highest BCUT2D eigenvalue weighted by Gasteiger charge is 2.16. The Hall–Kier alpha value is -3.25. The molecule has 6 nitrogen and oxygen atoms in total. The summed E-state index contributed by atoms with van der Waals surface area (Å²) >= 11 is 5.88. The number of hydrogen-bond acceptors (Lipinski definition) is 5. The largest absolute Gasteiger partial charge is 0.332 e. The van der Waals surface area contributed by atoms with Crippen LogP contribution in [0.15, 0.2) is 76.2 Å². The molecule has 0 saturated carbocycles. The summed E-state index contributed by atoms with van der Waals surface area (Å²) in [5.41, 5.74) is 1.36. The van der Waals surface area contributed by atoms with Crippen molar-refractivity contribution < 1.29 is 4.52 Å². The fraction of sp³-hybridized carbons (Fsp3) is 0. The van der Waals surface area contributed by atoms with Gasteiger partial charge in [-0.25, -0.2) is 4.68 Å². The van der Waals surface area contributed by atoms with E-state index in [-0.39, 0.29) is 17.0 Å². The van der Waals surface area contributed by atoms with Crippen LogP contribution in [0.2, 0.25) is 5.02 Å². The van der Waals surface area contributed by atoms with Crippen molar-refractivity contribution in [2.45, 2.75) is 0 Å². The minimum Gasteiger partial charge on any atom is -0.332 e. The Balaban J connectivity index is 1.75. The van der Waals surface area contributed by atoms with Gasteiger partial charge >= 0.3 is 0 Å². The Morgan fingerprint density at radius 2 is 1.72 bits per heavy atom. The molecule has 0 saturated heterocycles. The zero-order valence-electron chi connectivity index (χ0n) is 12.8. The van der Waals surface area contributed by atoms with E-state index in [1.165, 1.54) is 6.07 Å². The number of para-hydroxylation sites is 1. The van der Waals surface area contributed by atoms with Crippen LogP contribution in [0.1, 0.15) is 0 Å². The maximum absolute atomic E-state index is 12.2. The molecule has 4 aromatic rings. The van der Waals surface area contributed by atoms with Gasteiger partial charge in [0, 0.05) is 22.8 Å². The molecule has 0 amide bonds. The topological polar surface area (TPSA) is 73.8 Å². The van der Waals surface area contributed by atoms with Gasteiger partial charge in [0.05, 0.1) is 5.69 Å². The molecule has 0 radical (unpaired) electrons. The summed E-state index contributed by atoms with van der Waals surface area (Å²) in [4.78, 5) is 16.5. The lowest BCUT2D eigenvalue weighted by molar-refractivity contribution is 0.429. The van der Waals surface area contributed by atoms with E-state index in [0.717, 1.165) is 11.3 Å². The maximum Gasteiger partial charge on any atom is 0.282 e. The SMILES string of the molecule is O=c1ccn(-c2ccccc2)nc1-c1nc(-c2ccc(Cl)cc2)no1. The number of halogens is 1. The van der Waals surface area contributed by atoms with E-state index >= 15 is 0 Å². The van der Waals surface area contributed by atoms with E-state index in [4.69, 9.17) is 16.1 Å². The summed E-state index contributed by atoms with van der Waals surface area (Å²) in [6.07, 6.45) is 1.59. The first-order chi connectivity index (χ1) is 12.2. The summed E-state index contributed by atoms with van der Waals surface area (Å²) in [6.45, 7) is 0. The number of nitrogens with zero attached hydrogens (tertiary/aromatic N) is 4. The van der Waals surface area contributed by atoms with Crippen LogP contribution in [0.5, 0.6) is 0 Å². The molecular formula is C18H11ClN4O2. The Kier molecular flexibility index (Phi) is 3.87. The van der Waals surface area contributed by atoms with Gasteiger partial charge in [-0.3, -0.25) is 4.79 Å². The summed E-state index contributed by atoms with van der Waals surface area (Å²) in [7, 11) is 0. The van der Waals surface area contributed by atoms with Crippen molar-refractivity contribution in [2.75, 3.05) is 0 Å². The standard InChI is InChI=1S/C18H11ClN4O2/c19-13-8-6-12(7-9-13)17-20-18(25-22-17)16-15(24)10-11-23(21-16)14-4-2-1-3-5-14/h1-11H. The van der Waals surface area contributed by atoms with Crippen LogP contribution in [-0.2, 0) is 0 Å². The average Bonchev–Trinajstić information content (AvgIpc) is 3.13. The number of benzene rings is 2. The van der Waals surface area contributed by atoms with Crippen LogP contribution in [0, 0.1) is 0 Å². The molecule has 0 aliphatic carbocycles. The van der Waals surface area contributed by atoms with E-state index < -0.39 is 0 Å². The van der Waals surface area contributed by atoms with Crippen molar-refractivity contribution in [3.05, 3.63) is 82.1 Å². The summed E-state index contributed by atoms with van der Waals surface area (Å²) < 4.78 is 6.82. The second-order valence-corrected chi connectivity index (χ2v) is 5.68. The summed E-state index contributed by atoms with van der Waals surface area (Å²) in [5, 5.41) is 8.85. The Morgan fingerprint density at radius 3 is 2.48 bits per heavy atom. The van der Waals surface area contributed by atoms with Gasteiger partial charge < -0.3 is 4.52 Å². The Bertz CT molecular complexity index is 1070. The second-order valence-electron chi connectivity index (χ2n) is 5.24. The van der Waals surface area contributed by atoms with E-state index in [9.17, 15) is 4.79 Å². The monoisotopic (exact) mass is 350 g/mol. The van der Waals surface area contributed by atoms with E-state index in [2.05, 4.69) is 15.2 Å². The molecule has 0 fully saturated rings. The first-order valence-corrected chi connectivity index (χ1v) is 7.84. The lowest BCUT2D eigenvalue weighted by Gasteiger charge is -2.04. The summed E-state index contributed by atoms with van der Waals surface area (Å²) in [6, 6.07) is 17.9. The molecule has 2 aromatic carbocycles. The zero-order chi connectivity index (χ0) is 17.2. The molecule has 0 atom stereocenters. The predicted octanol–water partition coefficient (Wildman–Crippen LogP) is 3.60. The van der Waals surface area contributed by atoms with Crippen LogP contribution in [0.25, 0.3) is 28.7 Å². The Morgan fingerprint density at radius 1 is 0.960 bits per heavy atom. The van der Waals surface area contributed by atoms with Crippen molar-refractivity contribution >= 4 is 11.6 Å². The molecule has 0 aliphatic heterocycles. The highest BCUT2D eigenvalue weighted by atomic mass is 35.5. The molecule has 122 valence electrons. The minimum absolute atomic E-state index is 0.0697. The third-order valence-corrected chi connectivity index (χ3v) is 3.81. The van der Waals surface area contributed by atoms with Crippen LogP contribution in [0.3, 0.4) is 0 Å².